The number of amides is 1. The Balaban J connectivity index is 1.55. The highest BCUT2D eigenvalue weighted by Crippen LogP contribution is 2.33. The van der Waals surface area contributed by atoms with Crippen LogP contribution >= 0.6 is 22.6 Å². The molecular weight excluding hydrogens is 509 g/mol. The van der Waals surface area contributed by atoms with Crippen LogP contribution in [0.5, 0.6) is 5.75 Å². The van der Waals surface area contributed by atoms with E-state index in [9.17, 15) is 9.59 Å². The Morgan fingerprint density at radius 2 is 1.90 bits per heavy atom. The largest absolute Gasteiger partial charge is 0.490 e. The molecule has 0 spiro atoms. The Labute approximate surface area is 196 Å². The molecule has 31 heavy (non-hydrogen) atoms. The molecule has 1 amide bonds. The standard InChI is InChI=1S/C23H28IN3O4/c1-23(2,3)31-22(29)26-12-4-5-16(13-26)27-19(14-28)20(24)21(25-27)15-6-8-17(9-7-15)30-18-10-11-18/h6-9,14,16,18H,4-5,10-13H2,1-3H3/t16-/m1/s1. The number of aldehydes is 1. The molecule has 7 nitrogen and oxygen atoms in total. The van der Waals surface area contributed by atoms with Crippen molar-refractivity contribution < 1.29 is 19.1 Å². The number of carbonyl (C=O) groups is 2. The van der Waals surface area contributed by atoms with Gasteiger partial charge >= 0.3 is 6.09 Å². The van der Waals surface area contributed by atoms with E-state index in [4.69, 9.17) is 14.6 Å². The average Bonchev–Trinajstić information content (AvgIpc) is 3.48. The Morgan fingerprint density at radius 1 is 1.19 bits per heavy atom. The van der Waals surface area contributed by atoms with Gasteiger partial charge in [-0.05, 0) is 93.3 Å². The maximum atomic E-state index is 12.5. The third kappa shape index (κ3) is 5.22. The molecule has 1 aliphatic heterocycles. The van der Waals surface area contributed by atoms with Gasteiger partial charge in [-0.25, -0.2) is 4.79 Å². The summed E-state index contributed by atoms with van der Waals surface area (Å²) in [5.41, 5.74) is 1.72. The maximum Gasteiger partial charge on any atom is 0.410 e. The molecule has 0 unspecified atom stereocenters. The minimum atomic E-state index is -0.540. The first-order chi connectivity index (χ1) is 14.7. The molecule has 2 aromatic rings. The van der Waals surface area contributed by atoms with Crippen LogP contribution < -0.4 is 4.74 Å². The third-order valence-electron chi connectivity index (χ3n) is 5.35. The minimum absolute atomic E-state index is 0.0683. The second-order valence-electron chi connectivity index (χ2n) is 9.17. The van der Waals surface area contributed by atoms with Crippen molar-refractivity contribution in [2.45, 2.75) is 64.2 Å². The second-order valence-corrected chi connectivity index (χ2v) is 10.3. The van der Waals surface area contributed by atoms with E-state index in [1.165, 1.54) is 0 Å². The van der Waals surface area contributed by atoms with Crippen LogP contribution in [0.1, 0.15) is 63.0 Å². The first-order valence-corrected chi connectivity index (χ1v) is 11.8. The van der Waals surface area contributed by atoms with Crippen molar-refractivity contribution >= 4 is 35.0 Å². The molecule has 4 rings (SSSR count). The summed E-state index contributed by atoms with van der Waals surface area (Å²) in [6.07, 6.45) is 4.81. The molecule has 8 heteroatoms. The van der Waals surface area contributed by atoms with Crippen LogP contribution in [-0.4, -0.2) is 51.9 Å². The molecule has 1 saturated heterocycles. The first-order valence-electron chi connectivity index (χ1n) is 10.7. The van der Waals surface area contributed by atoms with E-state index < -0.39 is 5.60 Å². The maximum absolute atomic E-state index is 12.5. The van der Waals surface area contributed by atoms with Crippen LogP contribution in [0.15, 0.2) is 24.3 Å². The van der Waals surface area contributed by atoms with Gasteiger partial charge in [0.05, 0.1) is 15.7 Å². The van der Waals surface area contributed by atoms with Crippen molar-refractivity contribution in [1.29, 1.82) is 0 Å². The van der Waals surface area contributed by atoms with Gasteiger partial charge in [-0.1, -0.05) is 0 Å². The van der Waals surface area contributed by atoms with Crippen LogP contribution in [0.4, 0.5) is 4.79 Å². The molecule has 2 fully saturated rings. The highest BCUT2D eigenvalue weighted by molar-refractivity contribution is 14.1. The number of benzene rings is 1. The van der Waals surface area contributed by atoms with Gasteiger partial charge < -0.3 is 14.4 Å². The topological polar surface area (TPSA) is 73.7 Å². The molecule has 0 N–H and O–H groups in total. The fourth-order valence-corrected chi connectivity index (χ4v) is 4.51. The molecule has 1 saturated carbocycles. The fraction of sp³-hybridized carbons (Fsp3) is 0.522. The van der Waals surface area contributed by atoms with Crippen molar-refractivity contribution in [2.75, 3.05) is 13.1 Å². The summed E-state index contributed by atoms with van der Waals surface area (Å²) in [5, 5.41) is 4.80. The average molecular weight is 537 g/mol. The Hall–Kier alpha value is -2.10. The quantitative estimate of drug-likeness (QED) is 0.393. The number of nitrogens with zero attached hydrogens (tertiary/aromatic N) is 3. The van der Waals surface area contributed by atoms with E-state index >= 15 is 0 Å². The van der Waals surface area contributed by atoms with Gasteiger partial charge in [0.1, 0.15) is 22.7 Å². The van der Waals surface area contributed by atoms with Crippen molar-refractivity contribution in [3.8, 4) is 17.0 Å². The number of piperidine rings is 1. The van der Waals surface area contributed by atoms with Crippen molar-refractivity contribution in [3.05, 3.63) is 33.5 Å². The first kappa shape index (κ1) is 22.1. The molecule has 1 aromatic heterocycles. The van der Waals surface area contributed by atoms with Gasteiger partial charge in [-0.15, -0.1) is 0 Å². The third-order valence-corrected chi connectivity index (χ3v) is 6.41. The van der Waals surface area contributed by atoms with E-state index in [0.29, 0.717) is 24.9 Å². The van der Waals surface area contributed by atoms with Gasteiger partial charge in [0.15, 0.2) is 6.29 Å². The van der Waals surface area contributed by atoms with Gasteiger partial charge in [0.2, 0.25) is 0 Å². The van der Waals surface area contributed by atoms with Crippen LogP contribution in [0.2, 0.25) is 0 Å². The van der Waals surface area contributed by atoms with Gasteiger partial charge in [0, 0.05) is 18.7 Å². The van der Waals surface area contributed by atoms with E-state index in [-0.39, 0.29) is 12.1 Å². The molecule has 0 bridgehead atoms. The van der Waals surface area contributed by atoms with E-state index in [1.807, 2.05) is 45.0 Å². The summed E-state index contributed by atoms with van der Waals surface area (Å²) >= 11 is 2.19. The number of aromatic nitrogens is 2. The summed E-state index contributed by atoms with van der Waals surface area (Å²) in [4.78, 5) is 26.2. The molecule has 1 aliphatic carbocycles. The summed E-state index contributed by atoms with van der Waals surface area (Å²) in [7, 11) is 0. The molecule has 2 aliphatic rings. The summed E-state index contributed by atoms with van der Waals surface area (Å²) in [6, 6.07) is 7.80. The monoisotopic (exact) mass is 537 g/mol. The summed E-state index contributed by atoms with van der Waals surface area (Å²) in [5.74, 6) is 0.858. The fourth-order valence-electron chi connectivity index (χ4n) is 3.71. The van der Waals surface area contributed by atoms with Crippen LogP contribution in [0.3, 0.4) is 0 Å². The zero-order valence-corrected chi connectivity index (χ0v) is 20.3. The van der Waals surface area contributed by atoms with Crippen molar-refractivity contribution in [1.82, 2.24) is 14.7 Å². The van der Waals surface area contributed by atoms with Gasteiger partial charge in [-0.2, -0.15) is 5.10 Å². The number of ether oxygens (including phenoxy) is 2. The number of likely N-dealkylation sites (tertiary alicyclic amines) is 1. The highest BCUT2D eigenvalue weighted by atomic mass is 127. The molecule has 166 valence electrons. The van der Waals surface area contributed by atoms with Crippen molar-refractivity contribution in [2.24, 2.45) is 0 Å². The minimum Gasteiger partial charge on any atom is -0.490 e. The smallest absolute Gasteiger partial charge is 0.410 e. The van der Waals surface area contributed by atoms with Crippen LogP contribution in [0.25, 0.3) is 11.3 Å². The van der Waals surface area contributed by atoms with E-state index in [2.05, 4.69) is 22.6 Å². The lowest BCUT2D eigenvalue weighted by Crippen LogP contribution is -2.43. The summed E-state index contributed by atoms with van der Waals surface area (Å²) < 4.78 is 14.0. The Bertz CT molecular complexity index is 960. The number of rotatable bonds is 5. The molecule has 1 atom stereocenters. The lowest BCUT2D eigenvalue weighted by molar-refractivity contribution is 0.0167. The second kappa shape index (κ2) is 8.80. The number of halogens is 1. The molecule has 0 radical (unpaired) electrons. The van der Waals surface area contributed by atoms with Crippen LogP contribution in [-0.2, 0) is 4.74 Å². The highest BCUT2D eigenvalue weighted by Gasteiger charge is 2.31. The predicted molar refractivity (Wildman–Crippen MR) is 125 cm³/mol. The molecule has 1 aromatic carbocycles. The summed E-state index contributed by atoms with van der Waals surface area (Å²) in [6.45, 7) is 6.70. The Morgan fingerprint density at radius 3 is 2.52 bits per heavy atom. The number of carbonyl (C=O) groups excluding carboxylic acids is 2. The predicted octanol–water partition coefficient (Wildman–Crippen LogP) is 5.08. The van der Waals surface area contributed by atoms with E-state index in [1.54, 1.807) is 9.58 Å². The van der Waals surface area contributed by atoms with Gasteiger partial charge in [0.25, 0.3) is 0 Å². The zero-order valence-electron chi connectivity index (χ0n) is 18.1. The Kier molecular flexibility index (Phi) is 6.27. The molecular formula is C23H28IN3O4. The number of hydrogen-bond donors (Lipinski definition) is 0. The lowest BCUT2D eigenvalue weighted by Gasteiger charge is -2.34. The SMILES string of the molecule is CC(C)(C)OC(=O)N1CCC[C@@H](n2nc(-c3ccc(OC4CC4)cc3)c(I)c2C=O)C1. The van der Waals surface area contributed by atoms with Crippen molar-refractivity contribution in [3.63, 3.8) is 0 Å². The molecule has 2 heterocycles. The lowest BCUT2D eigenvalue weighted by atomic mass is 10.1. The van der Waals surface area contributed by atoms with E-state index in [0.717, 1.165) is 52.5 Å². The van der Waals surface area contributed by atoms with Crippen LogP contribution in [0, 0.1) is 3.57 Å². The zero-order chi connectivity index (χ0) is 22.2. The number of hydrogen-bond acceptors (Lipinski definition) is 5. The van der Waals surface area contributed by atoms with Gasteiger partial charge in [-0.3, -0.25) is 9.48 Å². The normalized spacial score (nSPS) is 19.2.